The van der Waals surface area contributed by atoms with E-state index in [0.29, 0.717) is 0 Å². The van der Waals surface area contributed by atoms with Gasteiger partial charge < -0.3 is 0 Å². The van der Waals surface area contributed by atoms with Crippen molar-refractivity contribution in [1.82, 2.24) is 15.0 Å². The summed E-state index contributed by atoms with van der Waals surface area (Å²) in [4.78, 5) is 0. The van der Waals surface area contributed by atoms with Gasteiger partial charge in [0.05, 0.1) is 11.9 Å². The number of hydrogen-bond donors (Lipinski definition) is 0. The Bertz CT molecular complexity index is 577. The van der Waals surface area contributed by atoms with E-state index in [1.54, 1.807) is 6.07 Å². The number of aromatic nitrogens is 3. The van der Waals surface area contributed by atoms with E-state index in [1.165, 1.54) is 24.3 Å². The maximum atomic E-state index is 13.6. The molecule has 9 heteroatoms. The first kappa shape index (κ1) is 14.4. The van der Waals surface area contributed by atoms with Crippen molar-refractivity contribution in [3.05, 3.63) is 36.5 Å². The Hall–Kier alpha value is -2.06. The fourth-order valence-electron chi connectivity index (χ4n) is 1.57. The van der Waals surface area contributed by atoms with Gasteiger partial charge in [-0.1, -0.05) is 35.5 Å². The zero-order valence-electron chi connectivity index (χ0n) is 9.65. The van der Waals surface area contributed by atoms with Gasteiger partial charge in [0.2, 0.25) is 0 Å². The lowest BCUT2D eigenvalue weighted by Crippen LogP contribution is -2.44. The fourth-order valence-corrected chi connectivity index (χ4v) is 1.57. The minimum atomic E-state index is -5.70. The van der Waals surface area contributed by atoms with E-state index in [9.17, 15) is 26.3 Å². The van der Waals surface area contributed by atoms with Crippen molar-refractivity contribution in [3.8, 4) is 11.3 Å². The molecule has 0 aliphatic heterocycles. The van der Waals surface area contributed by atoms with Gasteiger partial charge in [-0.2, -0.15) is 26.6 Å². The molecule has 20 heavy (non-hydrogen) atoms. The van der Waals surface area contributed by atoms with Crippen LogP contribution in [0.15, 0.2) is 36.5 Å². The molecule has 1 heterocycles. The van der Waals surface area contributed by atoms with Crippen molar-refractivity contribution >= 4 is 0 Å². The molecular weight excluding hydrogens is 288 g/mol. The van der Waals surface area contributed by atoms with Crippen LogP contribution in [0.3, 0.4) is 0 Å². The van der Waals surface area contributed by atoms with E-state index in [1.807, 2.05) is 0 Å². The molecule has 1 aromatic heterocycles. The molecule has 2 aromatic rings. The van der Waals surface area contributed by atoms with Gasteiger partial charge in [-0.3, -0.25) is 0 Å². The molecule has 0 bridgehead atoms. The molecule has 0 aliphatic rings. The largest absolute Gasteiger partial charge is 0.427 e. The lowest BCUT2D eigenvalue weighted by molar-refractivity contribution is -0.275. The Morgan fingerprint density at radius 1 is 1.00 bits per heavy atom. The summed E-state index contributed by atoms with van der Waals surface area (Å²) in [5.74, 6) is 0. The molecule has 0 spiro atoms. The maximum Gasteiger partial charge on any atom is 0.427 e. The van der Waals surface area contributed by atoms with Crippen molar-refractivity contribution < 1.29 is 26.3 Å². The normalized spacial score (nSPS) is 14.3. The van der Waals surface area contributed by atoms with Gasteiger partial charge in [-0.05, 0) is 0 Å². The van der Waals surface area contributed by atoms with E-state index in [2.05, 4.69) is 10.3 Å². The van der Waals surface area contributed by atoms with Gasteiger partial charge in [-0.25, -0.2) is 4.39 Å². The number of hydrogen-bond acceptors (Lipinski definition) is 2. The average molecular weight is 295 g/mol. The van der Waals surface area contributed by atoms with E-state index < -0.39 is 24.1 Å². The van der Waals surface area contributed by atoms with E-state index in [0.717, 1.165) is 6.20 Å². The van der Waals surface area contributed by atoms with Crippen LogP contribution in [-0.2, 0) is 6.05 Å². The number of nitrogens with zero attached hydrogens (tertiary/aromatic N) is 3. The second-order valence-corrected chi connectivity index (χ2v) is 3.89. The summed E-state index contributed by atoms with van der Waals surface area (Å²) in [5.41, 5.74) is -0.269. The SMILES string of the molecule is FC(C(F)(F)F)C(F)(F)n1nncc1-c1ccccc1. The van der Waals surface area contributed by atoms with Crippen molar-refractivity contribution in [3.63, 3.8) is 0 Å². The van der Waals surface area contributed by atoms with Crippen molar-refractivity contribution in [2.24, 2.45) is 0 Å². The zero-order valence-corrected chi connectivity index (χ0v) is 9.65. The van der Waals surface area contributed by atoms with E-state index in [-0.39, 0.29) is 10.2 Å². The monoisotopic (exact) mass is 295 g/mol. The topological polar surface area (TPSA) is 30.7 Å². The predicted molar refractivity (Wildman–Crippen MR) is 56.6 cm³/mol. The Labute approximate surface area is 108 Å². The zero-order chi connectivity index (χ0) is 15.0. The van der Waals surface area contributed by atoms with Crippen LogP contribution in [0.5, 0.6) is 0 Å². The molecule has 0 N–H and O–H groups in total. The lowest BCUT2D eigenvalue weighted by Gasteiger charge is -2.23. The smallest absolute Gasteiger partial charge is 0.228 e. The predicted octanol–water partition coefficient (Wildman–Crippen LogP) is 3.39. The van der Waals surface area contributed by atoms with Crippen LogP contribution in [0.4, 0.5) is 26.3 Å². The minimum Gasteiger partial charge on any atom is -0.228 e. The van der Waals surface area contributed by atoms with Crippen LogP contribution >= 0.6 is 0 Å². The molecule has 1 unspecified atom stereocenters. The summed E-state index contributed by atoms with van der Waals surface area (Å²) in [6, 6.07) is 2.41. The molecule has 1 atom stereocenters. The molecular formula is C11H7F6N3. The first-order chi connectivity index (χ1) is 9.24. The third-order valence-electron chi connectivity index (χ3n) is 2.49. The summed E-state index contributed by atoms with van der Waals surface area (Å²) in [6.07, 6.45) is -9.24. The number of alkyl halides is 6. The third kappa shape index (κ3) is 2.47. The number of rotatable bonds is 3. The summed E-state index contributed by atoms with van der Waals surface area (Å²) >= 11 is 0. The Morgan fingerprint density at radius 2 is 1.60 bits per heavy atom. The van der Waals surface area contributed by atoms with E-state index in [4.69, 9.17) is 0 Å². The first-order valence-corrected chi connectivity index (χ1v) is 5.30. The Morgan fingerprint density at radius 3 is 2.15 bits per heavy atom. The molecule has 0 saturated heterocycles. The van der Waals surface area contributed by atoms with Gasteiger partial charge in [0.15, 0.2) is 0 Å². The molecule has 2 rings (SSSR count). The summed E-state index contributed by atoms with van der Waals surface area (Å²) < 4.78 is 76.3. The van der Waals surface area contributed by atoms with Crippen molar-refractivity contribution in [1.29, 1.82) is 0 Å². The maximum absolute atomic E-state index is 13.6. The molecule has 0 saturated carbocycles. The second-order valence-electron chi connectivity index (χ2n) is 3.89. The van der Waals surface area contributed by atoms with Gasteiger partial charge in [0, 0.05) is 5.56 Å². The number of halogens is 6. The van der Waals surface area contributed by atoms with E-state index >= 15 is 0 Å². The molecule has 0 radical (unpaired) electrons. The summed E-state index contributed by atoms with van der Waals surface area (Å²) in [6.45, 7) is 0. The highest BCUT2D eigenvalue weighted by molar-refractivity contribution is 5.58. The Kier molecular flexibility index (Phi) is 3.45. The van der Waals surface area contributed by atoms with Crippen LogP contribution in [-0.4, -0.2) is 27.3 Å². The molecule has 0 amide bonds. The fraction of sp³-hybridized carbons (Fsp3) is 0.273. The highest BCUT2D eigenvalue weighted by atomic mass is 19.4. The average Bonchev–Trinajstić information content (AvgIpc) is 2.87. The van der Waals surface area contributed by atoms with Gasteiger partial charge in [-0.15, -0.1) is 5.10 Å². The van der Waals surface area contributed by atoms with Crippen LogP contribution in [0.25, 0.3) is 11.3 Å². The van der Waals surface area contributed by atoms with Crippen LogP contribution in [0.2, 0.25) is 0 Å². The van der Waals surface area contributed by atoms with Crippen molar-refractivity contribution in [2.75, 3.05) is 0 Å². The van der Waals surface area contributed by atoms with Crippen LogP contribution < -0.4 is 0 Å². The summed E-state index contributed by atoms with van der Waals surface area (Å²) in [5, 5.41) is 6.00. The molecule has 3 nitrogen and oxygen atoms in total. The van der Waals surface area contributed by atoms with Crippen molar-refractivity contribution in [2.45, 2.75) is 18.4 Å². The standard InChI is InChI=1S/C11H7F6N3/c12-9(10(13,14)15)11(16,17)20-8(6-18-19-20)7-4-2-1-3-5-7/h1-6,9H. The van der Waals surface area contributed by atoms with Gasteiger partial charge in [0.1, 0.15) is 0 Å². The molecule has 0 aliphatic carbocycles. The second kappa shape index (κ2) is 4.80. The third-order valence-corrected chi connectivity index (χ3v) is 2.49. The highest BCUT2D eigenvalue weighted by Gasteiger charge is 2.59. The highest BCUT2D eigenvalue weighted by Crippen LogP contribution is 2.39. The quantitative estimate of drug-likeness (QED) is 0.813. The first-order valence-electron chi connectivity index (χ1n) is 5.30. The molecule has 108 valence electrons. The molecule has 1 aromatic carbocycles. The summed E-state index contributed by atoms with van der Waals surface area (Å²) in [7, 11) is 0. The van der Waals surface area contributed by atoms with Crippen LogP contribution in [0.1, 0.15) is 0 Å². The van der Waals surface area contributed by atoms with Gasteiger partial charge >= 0.3 is 12.2 Å². The van der Waals surface area contributed by atoms with Gasteiger partial charge in [0.25, 0.3) is 6.17 Å². The molecule has 0 fully saturated rings. The minimum absolute atomic E-state index is 0.145. The number of benzene rings is 1. The lowest BCUT2D eigenvalue weighted by atomic mass is 10.1. The van der Waals surface area contributed by atoms with Crippen LogP contribution in [0, 0.1) is 0 Å². The Balaban J connectivity index is 2.47.